The highest BCUT2D eigenvalue weighted by Crippen LogP contribution is 2.41. The molecule has 2 aliphatic rings. The van der Waals surface area contributed by atoms with Crippen molar-refractivity contribution in [2.75, 3.05) is 27.4 Å². The van der Waals surface area contributed by atoms with Crippen molar-refractivity contribution in [1.82, 2.24) is 4.90 Å². The number of nitrogens with zero attached hydrogens (tertiary/aromatic N) is 1. The monoisotopic (exact) mass is 281 g/mol. The van der Waals surface area contributed by atoms with Gasteiger partial charge in [-0.2, -0.15) is 0 Å². The third-order valence-corrected chi connectivity index (χ3v) is 4.61. The number of morpholine rings is 1. The average Bonchev–Trinajstić information content (AvgIpc) is 2.41. The summed E-state index contributed by atoms with van der Waals surface area (Å²) in [5.41, 5.74) is -0.215. The fourth-order valence-corrected chi connectivity index (χ4v) is 3.33. The summed E-state index contributed by atoms with van der Waals surface area (Å²) in [5, 5.41) is 11.0. The van der Waals surface area contributed by atoms with Gasteiger partial charge in [-0.3, -0.25) is 4.90 Å². The van der Waals surface area contributed by atoms with Gasteiger partial charge in [0.1, 0.15) is 0 Å². The maximum absolute atomic E-state index is 13.5. The number of fused-ring (bicyclic) bond motifs is 2. The first-order chi connectivity index (χ1) is 9.53. The molecule has 1 aromatic rings. The summed E-state index contributed by atoms with van der Waals surface area (Å²) in [6.07, 6.45) is 1.18. The molecule has 2 fully saturated rings. The highest BCUT2D eigenvalue weighted by molar-refractivity contribution is 5.34. The van der Waals surface area contributed by atoms with E-state index in [1.165, 1.54) is 13.2 Å². The predicted octanol–water partition coefficient (Wildman–Crippen LogP) is 1.51. The Hall–Kier alpha value is -1.17. The minimum absolute atomic E-state index is 0.177. The van der Waals surface area contributed by atoms with E-state index in [2.05, 4.69) is 11.9 Å². The summed E-state index contributed by atoms with van der Waals surface area (Å²) in [5.74, 6) is -0.229. The molecule has 3 rings (SSSR count). The van der Waals surface area contributed by atoms with Crippen LogP contribution in [0.4, 0.5) is 4.39 Å². The van der Waals surface area contributed by atoms with Gasteiger partial charge in [-0.25, -0.2) is 4.39 Å². The Kier molecular flexibility index (Phi) is 3.44. The van der Waals surface area contributed by atoms with Crippen LogP contribution in [0.15, 0.2) is 18.2 Å². The first-order valence-electron chi connectivity index (χ1n) is 6.89. The lowest BCUT2D eigenvalue weighted by molar-refractivity contribution is -0.137. The Morgan fingerprint density at radius 1 is 1.35 bits per heavy atom. The number of aliphatic hydroxyl groups is 1. The molecule has 4 nitrogen and oxygen atoms in total. The van der Waals surface area contributed by atoms with Gasteiger partial charge in [-0.15, -0.1) is 0 Å². The van der Waals surface area contributed by atoms with Crippen molar-refractivity contribution in [1.29, 1.82) is 0 Å². The fourth-order valence-electron chi connectivity index (χ4n) is 3.33. The van der Waals surface area contributed by atoms with E-state index >= 15 is 0 Å². The third kappa shape index (κ3) is 2.20. The number of hydrogen-bond donors (Lipinski definition) is 1. The second-order valence-electron chi connectivity index (χ2n) is 5.80. The Balaban J connectivity index is 1.92. The summed E-state index contributed by atoms with van der Waals surface area (Å²) >= 11 is 0. The first kappa shape index (κ1) is 13.8. The summed E-state index contributed by atoms with van der Waals surface area (Å²) < 4.78 is 24.1. The molecule has 0 amide bonds. The van der Waals surface area contributed by atoms with Gasteiger partial charge >= 0.3 is 0 Å². The van der Waals surface area contributed by atoms with Crippen molar-refractivity contribution >= 4 is 0 Å². The lowest BCUT2D eigenvalue weighted by atomic mass is 9.77. The predicted molar refractivity (Wildman–Crippen MR) is 72.2 cm³/mol. The van der Waals surface area contributed by atoms with E-state index < -0.39 is 11.4 Å². The molecule has 2 unspecified atom stereocenters. The fraction of sp³-hybridized carbons (Fsp3) is 0.600. The van der Waals surface area contributed by atoms with Crippen molar-refractivity contribution in [2.45, 2.75) is 30.5 Å². The zero-order chi connectivity index (χ0) is 14.3. The normalized spacial score (nSPS) is 34.0. The second-order valence-corrected chi connectivity index (χ2v) is 5.80. The van der Waals surface area contributed by atoms with Gasteiger partial charge in [-0.1, -0.05) is 6.07 Å². The Morgan fingerprint density at radius 3 is 2.60 bits per heavy atom. The van der Waals surface area contributed by atoms with Gasteiger partial charge in [0.05, 0.1) is 25.9 Å². The molecule has 1 N–H and O–H groups in total. The highest BCUT2D eigenvalue weighted by Gasteiger charge is 2.45. The maximum atomic E-state index is 13.5. The minimum Gasteiger partial charge on any atom is -0.494 e. The van der Waals surface area contributed by atoms with Crippen LogP contribution in [-0.4, -0.2) is 49.5 Å². The maximum Gasteiger partial charge on any atom is 0.165 e. The van der Waals surface area contributed by atoms with Crippen LogP contribution >= 0.6 is 0 Å². The number of likely N-dealkylation sites (N-methyl/N-ethyl adjacent to an activating group) is 1. The van der Waals surface area contributed by atoms with Crippen molar-refractivity contribution in [3.63, 3.8) is 0 Å². The quantitative estimate of drug-likeness (QED) is 0.892. The lowest BCUT2D eigenvalue weighted by Crippen LogP contribution is -2.59. The highest BCUT2D eigenvalue weighted by atomic mass is 19.1. The number of benzene rings is 1. The van der Waals surface area contributed by atoms with Gasteiger partial charge in [0, 0.05) is 12.1 Å². The van der Waals surface area contributed by atoms with E-state index in [0.29, 0.717) is 26.1 Å². The smallest absolute Gasteiger partial charge is 0.165 e. The number of methoxy groups -OCH3 is 1. The molecule has 0 saturated carbocycles. The van der Waals surface area contributed by atoms with Crippen LogP contribution in [0.25, 0.3) is 0 Å². The molecule has 110 valence electrons. The van der Waals surface area contributed by atoms with E-state index in [0.717, 1.165) is 5.56 Å². The topological polar surface area (TPSA) is 41.9 Å². The summed E-state index contributed by atoms with van der Waals surface area (Å²) in [6, 6.07) is 5.01. The third-order valence-electron chi connectivity index (χ3n) is 4.61. The van der Waals surface area contributed by atoms with Crippen molar-refractivity contribution in [3.05, 3.63) is 29.6 Å². The summed E-state index contributed by atoms with van der Waals surface area (Å²) in [7, 11) is 3.51. The minimum atomic E-state index is -0.938. The molecular formula is C15H20FNO3. The van der Waals surface area contributed by atoms with E-state index in [9.17, 15) is 9.50 Å². The van der Waals surface area contributed by atoms with Crippen LogP contribution in [0.1, 0.15) is 18.4 Å². The Bertz CT molecular complexity index is 494. The van der Waals surface area contributed by atoms with Crippen LogP contribution in [0.5, 0.6) is 5.75 Å². The molecule has 0 spiro atoms. The van der Waals surface area contributed by atoms with Crippen molar-refractivity contribution in [2.24, 2.45) is 0 Å². The number of rotatable bonds is 2. The van der Waals surface area contributed by atoms with E-state index in [4.69, 9.17) is 9.47 Å². The molecule has 0 aliphatic carbocycles. The van der Waals surface area contributed by atoms with Crippen LogP contribution in [-0.2, 0) is 10.3 Å². The first-order valence-corrected chi connectivity index (χ1v) is 6.89. The lowest BCUT2D eigenvalue weighted by Gasteiger charge is -2.50. The van der Waals surface area contributed by atoms with Crippen LogP contribution < -0.4 is 4.74 Å². The van der Waals surface area contributed by atoms with Crippen molar-refractivity contribution in [3.8, 4) is 5.75 Å². The average molecular weight is 281 g/mol. The van der Waals surface area contributed by atoms with Gasteiger partial charge in [0.25, 0.3) is 0 Å². The molecule has 1 aromatic carbocycles. The molecule has 2 atom stereocenters. The van der Waals surface area contributed by atoms with Crippen molar-refractivity contribution < 1.29 is 19.0 Å². The summed E-state index contributed by atoms with van der Waals surface area (Å²) in [4.78, 5) is 2.28. The molecule has 2 saturated heterocycles. The zero-order valence-corrected chi connectivity index (χ0v) is 11.8. The van der Waals surface area contributed by atoms with Crippen LogP contribution in [0.3, 0.4) is 0 Å². The number of hydrogen-bond acceptors (Lipinski definition) is 4. The van der Waals surface area contributed by atoms with Gasteiger partial charge in [0.15, 0.2) is 11.6 Å². The molecule has 2 bridgehead atoms. The molecule has 5 heteroatoms. The second kappa shape index (κ2) is 4.98. The molecule has 2 aliphatic heterocycles. The van der Waals surface area contributed by atoms with E-state index in [1.807, 2.05) is 0 Å². The van der Waals surface area contributed by atoms with Crippen LogP contribution in [0, 0.1) is 5.82 Å². The molecule has 20 heavy (non-hydrogen) atoms. The number of piperidine rings is 1. The molecule has 0 radical (unpaired) electrons. The van der Waals surface area contributed by atoms with Crippen LogP contribution in [0.2, 0.25) is 0 Å². The van der Waals surface area contributed by atoms with Gasteiger partial charge < -0.3 is 14.6 Å². The van der Waals surface area contributed by atoms with E-state index in [-0.39, 0.29) is 17.8 Å². The van der Waals surface area contributed by atoms with E-state index in [1.54, 1.807) is 12.1 Å². The molecule has 0 aromatic heterocycles. The van der Waals surface area contributed by atoms with Gasteiger partial charge in [-0.05, 0) is 37.6 Å². The van der Waals surface area contributed by atoms with Gasteiger partial charge in [0.2, 0.25) is 0 Å². The molecular weight excluding hydrogens is 261 g/mol. The molecule has 2 heterocycles. The standard InChI is InChI=1S/C15H20FNO3/c1-17-11-6-15(18,7-12(17)9-20-8-11)10-3-4-13(16)14(5-10)19-2/h3-5,11-12,18H,6-9H2,1-2H3. The summed E-state index contributed by atoms with van der Waals surface area (Å²) in [6.45, 7) is 1.27. The largest absolute Gasteiger partial charge is 0.494 e. The Labute approximate surface area is 118 Å². The number of halogens is 1. The number of ether oxygens (including phenoxy) is 2. The Morgan fingerprint density at radius 2 is 2.00 bits per heavy atom. The zero-order valence-electron chi connectivity index (χ0n) is 11.8. The SMILES string of the molecule is COc1cc(C2(O)CC3COCC(C2)N3C)ccc1F.